The molecule has 0 atom stereocenters. The third-order valence-electron chi connectivity index (χ3n) is 10.0. The highest BCUT2D eigenvalue weighted by Crippen LogP contribution is 2.47. The molecule has 0 fully saturated rings. The van der Waals surface area contributed by atoms with Crippen molar-refractivity contribution in [3.8, 4) is 34.0 Å². The number of fused-ring (bicyclic) bond motifs is 8. The zero-order chi connectivity index (χ0) is 32.2. The average molecular weight is 611 g/mol. The van der Waals surface area contributed by atoms with Gasteiger partial charge in [-0.25, -0.2) is 0 Å². The molecule has 230 valence electrons. The van der Waals surface area contributed by atoms with Crippen molar-refractivity contribution in [3.05, 3.63) is 132 Å². The fourth-order valence-corrected chi connectivity index (χ4v) is 7.44. The largest absolute Gasteiger partial charge is 0.453 e. The van der Waals surface area contributed by atoms with Gasteiger partial charge in [-0.2, -0.15) is 0 Å². The van der Waals surface area contributed by atoms with Crippen LogP contribution in [0.25, 0.3) is 66.1 Å². The molecule has 1 aliphatic heterocycles. The Kier molecular flexibility index (Phi) is 5.73. The van der Waals surface area contributed by atoms with Gasteiger partial charge in [-0.1, -0.05) is 96.1 Å². The fraction of sp³-hybridized carbons (Fsp3) is 0.182. The number of benzene rings is 6. The topological polar surface area (TPSA) is 19.1 Å². The first-order valence-electron chi connectivity index (χ1n) is 16.6. The molecule has 1 aliphatic rings. The van der Waals surface area contributed by atoms with Crippen LogP contribution in [0.2, 0.25) is 0 Å². The minimum atomic E-state index is 0.0738. The SMILES string of the molecule is CC(C)(C)c1ccc2c(c1)c1cc(C(C)(C)C)ccc1n2-c1ccc(-c2cc3c4c(c2)c2ccccc2n4-c2ccccc2O3)cc1. The monoisotopic (exact) mass is 610 g/mol. The Hall–Kier alpha value is -5.28. The zero-order valence-corrected chi connectivity index (χ0v) is 27.8. The summed E-state index contributed by atoms with van der Waals surface area (Å²) >= 11 is 0. The number of hydrogen-bond donors (Lipinski definition) is 0. The number of nitrogens with zero attached hydrogens (tertiary/aromatic N) is 2. The van der Waals surface area contributed by atoms with E-state index in [-0.39, 0.29) is 10.8 Å². The predicted octanol–water partition coefficient (Wildman–Crippen LogP) is 12.2. The smallest absolute Gasteiger partial charge is 0.152 e. The lowest BCUT2D eigenvalue weighted by Crippen LogP contribution is -2.10. The lowest BCUT2D eigenvalue weighted by atomic mass is 9.85. The van der Waals surface area contributed by atoms with Crippen LogP contribution in [0.4, 0.5) is 0 Å². The number of aromatic nitrogens is 2. The minimum Gasteiger partial charge on any atom is -0.453 e. The van der Waals surface area contributed by atoms with E-state index in [1.54, 1.807) is 0 Å². The molecule has 3 heteroatoms. The van der Waals surface area contributed by atoms with Gasteiger partial charge in [0.15, 0.2) is 11.5 Å². The van der Waals surface area contributed by atoms with E-state index in [2.05, 4.69) is 166 Å². The molecule has 0 bridgehead atoms. The second kappa shape index (κ2) is 9.62. The number of hydrogen-bond acceptors (Lipinski definition) is 1. The summed E-state index contributed by atoms with van der Waals surface area (Å²) < 4.78 is 11.3. The van der Waals surface area contributed by atoms with Crippen LogP contribution in [0.1, 0.15) is 52.7 Å². The van der Waals surface area contributed by atoms with Gasteiger partial charge in [0, 0.05) is 27.2 Å². The van der Waals surface area contributed by atoms with Gasteiger partial charge in [0.05, 0.1) is 27.8 Å². The first kappa shape index (κ1) is 28.0. The van der Waals surface area contributed by atoms with Crippen molar-refractivity contribution in [1.29, 1.82) is 0 Å². The highest BCUT2D eigenvalue weighted by atomic mass is 16.5. The molecule has 0 aliphatic carbocycles. The predicted molar refractivity (Wildman–Crippen MR) is 198 cm³/mol. The summed E-state index contributed by atoms with van der Waals surface area (Å²) in [6.07, 6.45) is 0. The maximum Gasteiger partial charge on any atom is 0.152 e. The molecule has 6 aromatic carbocycles. The number of rotatable bonds is 2. The van der Waals surface area contributed by atoms with E-state index >= 15 is 0 Å². The third kappa shape index (κ3) is 4.19. The van der Waals surface area contributed by atoms with Crippen molar-refractivity contribution in [1.82, 2.24) is 9.13 Å². The molecule has 9 rings (SSSR count). The Morgan fingerprint density at radius 2 is 1.04 bits per heavy atom. The summed E-state index contributed by atoms with van der Waals surface area (Å²) in [5.74, 6) is 1.77. The summed E-state index contributed by atoms with van der Waals surface area (Å²) in [5.41, 5.74) is 12.2. The Morgan fingerprint density at radius 3 is 1.70 bits per heavy atom. The van der Waals surface area contributed by atoms with Gasteiger partial charge in [0.25, 0.3) is 0 Å². The van der Waals surface area contributed by atoms with E-state index in [1.165, 1.54) is 49.2 Å². The summed E-state index contributed by atoms with van der Waals surface area (Å²) in [7, 11) is 0. The number of ether oxygens (including phenoxy) is 1. The third-order valence-corrected chi connectivity index (χ3v) is 10.0. The molecule has 3 nitrogen and oxygen atoms in total. The van der Waals surface area contributed by atoms with Crippen molar-refractivity contribution >= 4 is 43.6 Å². The Balaban J connectivity index is 1.21. The Morgan fingerprint density at radius 1 is 0.447 bits per heavy atom. The molecule has 0 saturated carbocycles. The minimum absolute atomic E-state index is 0.0738. The maximum absolute atomic E-state index is 6.56. The van der Waals surface area contributed by atoms with E-state index in [0.717, 1.165) is 39.5 Å². The lowest BCUT2D eigenvalue weighted by Gasteiger charge is -2.21. The first-order chi connectivity index (χ1) is 22.6. The van der Waals surface area contributed by atoms with E-state index in [0.29, 0.717) is 0 Å². The lowest BCUT2D eigenvalue weighted by molar-refractivity contribution is 0.476. The van der Waals surface area contributed by atoms with Gasteiger partial charge < -0.3 is 13.9 Å². The highest BCUT2D eigenvalue weighted by Gasteiger charge is 2.25. The van der Waals surface area contributed by atoms with Crippen molar-refractivity contribution in [2.45, 2.75) is 52.4 Å². The summed E-state index contributed by atoms with van der Waals surface area (Å²) in [6, 6.07) is 44.6. The Bertz CT molecular complexity index is 2480. The van der Waals surface area contributed by atoms with E-state index < -0.39 is 0 Å². The molecule has 0 amide bonds. The molecule has 2 aromatic heterocycles. The van der Waals surface area contributed by atoms with E-state index in [4.69, 9.17) is 4.74 Å². The Labute approximate surface area is 275 Å². The quantitative estimate of drug-likeness (QED) is 0.191. The molecular formula is C44H38N2O. The van der Waals surface area contributed by atoms with Crippen LogP contribution >= 0.6 is 0 Å². The van der Waals surface area contributed by atoms with Crippen LogP contribution < -0.4 is 4.74 Å². The van der Waals surface area contributed by atoms with E-state index in [9.17, 15) is 0 Å². The van der Waals surface area contributed by atoms with Crippen LogP contribution in [0.5, 0.6) is 11.5 Å². The molecular weight excluding hydrogens is 572 g/mol. The van der Waals surface area contributed by atoms with Crippen LogP contribution in [0.3, 0.4) is 0 Å². The van der Waals surface area contributed by atoms with Crippen LogP contribution in [-0.2, 0) is 10.8 Å². The van der Waals surface area contributed by atoms with Crippen molar-refractivity contribution in [2.75, 3.05) is 0 Å². The number of para-hydroxylation sites is 3. The second-order valence-electron chi connectivity index (χ2n) is 15.1. The summed E-state index contributed by atoms with van der Waals surface area (Å²) in [5, 5.41) is 5.05. The molecule has 0 radical (unpaired) electrons. The molecule has 8 aromatic rings. The van der Waals surface area contributed by atoms with E-state index in [1.807, 2.05) is 6.07 Å². The maximum atomic E-state index is 6.56. The van der Waals surface area contributed by atoms with Gasteiger partial charge >= 0.3 is 0 Å². The fourth-order valence-electron chi connectivity index (χ4n) is 7.44. The van der Waals surface area contributed by atoms with Gasteiger partial charge in [-0.05, 0) is 99.8 Å². The summed E-state index contributed by atoms with van der Waals surface area (Å²) in [6.45, 7) is 13.7. The molecule has 0 unspecified atom stereocenters. The van der Waals surface area contributed by atoms with Gasteiger partial charge in [-0.15, -0.1) is 0 Å². The van der Waals surface area contributed by atoms with Crippen LogP contribution in [0, 0.1) is 0 Å². The molecule has 0 spiro atoms. The molecule has 3 heterocycles. The first-order valence-corrected chi connectivity index (χ1v) is 16.6. The van der Waals surface area contributed by atoms with Crippen molar-refractivity contribution in [2.24, 2.45) is 0 Å². The van der Waals surface area contributed by atoms with Crippen LogP contribution in [0.15, 0.2) is 121 Å². The highest BCUT2D eigenvalue weighted by molar-refractivity contribution is 6.13. The van der Waals surface area contributed by atoms with Crippen molar-refractivity contribution < 1.29 is 4.74 Å². The zero-order valence-electron chi connectivity index (χ0n) is 27.8. The normalized spacial score (nSPS) is 13.1. The summed E-state index contributed by atoms with van der Waals surface area (Å²) in [4.78, 5) is 0. The van der Waals surface area contributed by atoms with Gasteiger partial charge in [0.2, 0.25) is 0 Å². The molecule has 0 N–H and O–H groups in total. The van der Waals surface area contributed by atoms with Crippen molar-refractivity contribution in [3.63, 3.8) is 0 Å². The van der Waals surface area contributed by atoms with Gasteiger partial charge in [0.1, 0.15) is 0 Å². The second-order valence-corrected chi connectivity index (χ2v) is 15.1. The average Bonchev–Trinajstić information content (AvgIpc) is 3.57. The molecule has 0 saturated heterocycles. The standard InChI is InChI=1S/C44H38N2O/c1-43(2,3)29-17-21-37-33(25-29)34-26-30(44(4,5)6)18-22-38(34)45(37)31-19-15-27(16-20-31)28-23-35-32-11-7-8-12-36(32)46-39-13-9-10-14-40(39)47-41(24-28)42(35)46/h7-26H,1-6H3. The van der Waals surface area contributed by atoms with Gasteiger partial charge in [-0.3, -0.25) is 0 Å². The van der Waals surface area contributed by atoms with Crippen LogP contribution in [-0.4, -0.2) is 9.13 Å². The molecule has 47 heavy (non-hydrogen) atoms.